The second-order valence-electron chi connectivity index (χ2n) is 5.44. The Morgan fingerprint density at radius 1 is 1.07 bits per heavy atom. The zero-order valence-corrected chi connectivity index (χ0v) is 15.7. The van der Waals surface area contributed by atoms with Crippen molar-refractivity contribution in [2.75, 3.05) is 16.5 Å². The minimum absolute atomic E-state index is 0.175. The quantitative estimate of drug-likeness (QED) is 0.369. The number of hydrogen-bond acceptors (Lipinski definition) is 4. The van der Waals surface area contributed by atoms with Crippen LogP contribution in [0.5, 0.6) is 0 Å². The first-order valence-corrected chi connectivity index (χ1v) is 9.73. The van der Waals surface area contributed by atoms with E-state index < -0.39 is 16.0 Å². The third-order valence-electron chi connectivity index (χ3n) is 3.51. The first-order valence-electron chi connectivity index (χ1n) is 7.76. The van der Waals surface area contributed by atoms with Crippen LogP contribution >= 0.6 is 11.6 Å². The molecule has 2 rings (SSSR count). The van der Waals surface area contributed by atoms with Crippen LogP contribution in [-0.4, -0.2) is 30.7 Å². The van der Waals surface area contributed by atoms with E-state index in [0.717, 1.165) is 12.1 Å². The molecule has 0 radical (unpaired) electrons. The lowest BCUT2D eigenvalue weighted by Gasteiger charge is -2.11. The van der Waals surface area contributed by atoms with Crippen molar-refractivity contribution in [3.8, 4) is 11.1 Å². The summed E-state index contributed by atoms with van der Waals surface area (Å²) in [5, 5.41) is 5.09. The Morgan fingerprint density at radius 3 is 2.26 bits per heavy atom. The fourth-order valence-corrected chi connectivity index (χ4v) is 3.20. The number of benzene rings is 2. The summed E-state index contributed by atoms with van der Waals surface area (Å²) < 4.78 is 33.1. The number of halogens is 1. The maximum absolute atomic E-state index is 11.8. The van der Waals surface area contributed by atoms with E-state index in [4.69, 9.17) is 11.6 Å². The third-order valence-corrected chi connectivity index (χ3v) is 4.60. The van der Waals surface area contributed by atoms with E-state index in [2.05, 4.69) is 17.2 Å². The van der Waals surface area contributed by atoms with Crippen LogP contribution in [0.2, 0.25) is 0 Å². The maximum atomic E-state index is 11.8. The normalized spacial score (nSPS) is 10.9. The Kier molecular flexibility index (Phi) is 6.73. The molecule has 0 saturated heterocycles. The Balaban J connectivity index is 2.38. The molecule has 2 aromatic carbocycles. The van der Waals surface area contributed by atoms with Crippen LogP contribution in [0.4, 0.5) is 11.4 Å². The molecule has 3 N–H and O–H groups in total. The molecule has 2 amide bonds. The molecular weight excluding hydrogens is 392 g/mol. The third kappa shape index (κ3) is 5.65. The number of alkyl halides is 1. The number of anilines is 2. The summed E-state index contributed by atoms with van der Waals surface area (Å²) in [5.41, 5.74) is 1.46. The number of amides is 2. The van der Waals surface area contributed by atoms with E-state index in [9.17, 15) is 22.6 Å². The summed E-state index contributed by atoms with van der Waals surface area (Å²) in [6.45, 7) is 3.32. The molecule has 0 spiro atoms. The van der Waals surface area contributed by atoms with E-state index in [1.165, 1.54) is 12.1 Å². The molecule has 0 bridgehead atoms. The van der Waals surface area contributed by atoms with Crippen LogP contribution in [0, 0.1) is 0 Å². The summed E-state index contributed by atoms with van der Waals surface area (Å²) >= 11 is 5.51. The van der Waals surface area contributed by atoms with E-state index in [1.807, 2.05) is 0 Å². The smallest absolute Gasteiger partial charge is 0.295 e. The Bertz CT molecular complexity index is 972. The van der Waals surface area contributed by atoms with E-state index in [1.54, 1.807) is 24.3 Å². The molecule has 0 heterocycles. The van der Waals surface area contributed by atoms with Crippen LogP contribution in [0.25, 0.3) is 11.1 Å². The van der Waals surface area contributed by atoms with E-state index in [0.29, 0.717) is 11.3 Å². The maximum Gasteiger partial charge on any atom is 0.295 e. The number of nitrogens with one attached hydrogen (secondary N) is 2. The van der Waals surface area contributed by atoms with Gasteiger partial charge in [0.25, 0.3) is 10.1 Å². The molecule has 0 atom stereocenters. The van der Waals surface area contributed by atoms with Crippen molar-refractivity contribution in [1.82, 2.24) is 0 Å². The number of rotatable bonds is 7. The summed E-state index contributed by atoms with van der Waals surface area (Å²) in [5.74, 6) is -0.545. The molecule has 27 heavy (non-hydrogen) atoms. The van der Waals surface area contributed by atoms with Crippen LogP contribution < -0.4 is 10.6 Å². The van der Waals surface area contributed by atoms with Gasteiger partial charge in [0.15, 0.2) is 0 Å². The fourth-order valence-electron chi connectivity index (χ4n) is 2.29. The topological polar surface area (TPSA) is 113 Å². The second-order valence-corrected chi connectivity index (χ2v) is 7.21. The van der Waals surface area contributed by atoms with Crippen molar-refractivity contribution in [2.24, 2.45) is 0 Å². The van der Waals surface area contributed by atoms with Crippen LogP contribution in [0.1, 0.15) is 6.42 Å². The van der Waals surface area contributed by atoms with Gasteiger partial charge in [0.1, 0.15) is 4.90 Å². The standard InChI is InChI=1S/C18H17ClN2O5S/c1-2-17(22)21-14-7-8-15(16(11-14)27(24,25)26)12-3-5-13(6-4-12)20-18(23)9-10-19/h2-8,11H,1,9-10H2,(H,20,23)(H,21,22)(H,24,25,26). The van der Waals surface area contributed by atoms with Gasteiger partial charge in [-0.3, -0.25) is 14.1 Å². The van der Waals surface area contributed by atoms with Gasteiger partial charge < -0.3 is 10.6 Å². The lowest BCUT2D eigenvalue weighted by Crippen LogP contribution is -2.11. The zero-order valence-electron chi connectivity index (χ0n) is 14.1. The molecule has 2 aromatic rings. The number of carbonyl (C=O) groups is 2. The Hall–Kier alpha value is -2.68. The molecule has 0 aliphatic carbocycles. The molecule has 0 fully saturated rings. The molecule has 9 heteroatoms. The first-order chi connectivity index (χ1) is 12.7. The van der Waals surface area contributed by atoms with Crippen LogP contribution in [0.15, 0.2) is 60.0 Å². The summed E-state index contributed by atoms with van der Waals surface area (Å²) in [7, 11) is -4.54. The summed E-state index contributed by atoms with van der Waals surface area (Å²) in [6.07, 6.45) is 1.21. The molecule has 0 aliphatic heterocycles. The molecule has 142 valence electrons. The molecule has 7 nitrogen and oxygen atoms in total. The molecule has 0 unspecified atom stereocenters. The second kappa shape index (κ2) is 8.81. The highest BCUT2D eigenvalue weighted by molar-refractivity contribution is 7.86. The highest BCUT2D eigenvalue weighted by atomic mass is 35.5. The minimum Gasteiger partial charge on any atom is -0.326 e. The average molecular weight is 409 g/mol. The van der Waals surface area contributed by atoms with E-state index >= 15 is 0 Å². The number of hydrogen-bond donors (Lipinski definition) is 3. The lowest BCUT2D eigenvalue weighted by molar-refractivity contribution is -0.116. The molecule has 0 aromatic heterocycles. The summed E-state index contributed by atoms with van der Waals surface area (Å²) in [4.78, 5) is 22.6. The zero-order chi connectivity index (χ0) is 20.0. The largest absolute Gasteiger partial charge is 0.326 e. The lowest BCUT2D eigenvalue weighted by atomic mass is 10.0. The van der Waals surface area contributed by atoms with Gasteiger partial charge in [-0.25, -0.2) is 0 Å². The van der Waals surface area contributed by atoms with Gasteiger partial charge in [-0.1, -0.05) is 24.8 Å². The Morgan fingerprint density at radius 2 is 1.70 bits per heavy atom. The van der Waals surface area contributed by atoms with Crippen molar-refractivity contribution in [3.63, 3.8) is 0 Å². The minimum atomic E-state index is -4.54. The van der Waals surface area contributed by atoms with Gasteiger partial charge in [0.05, 0.1) is 0 Å². The van der Waals surface area contributed by atoms with E-state index in [-0.39, 0.29) is 34.4 Å². The van der Waals surface area contributed by atoms with Crippen LogP contribution in [0.3, 0.4) is 0 Å². The number of carbonyl (C=O) groups excluding carboxylic acids is 2. The first kappa shape index (κ1) is 20.6. The van der Waals surface area contributed by atoms with Gasteiger partial charge in [0.2, 0.25) is 11.8 Å². The van der Waals surface area contributed by atoms with Crippen LogP contribution in [-0.2, 0) is 19.7 Å². The van der Waals surface area contributed by atoms with Crippen molar-refractivity contribution < 1.29 is 22.6 Å². The van der Waals surface area contributed by atoms with Gasteiger partial charge in [-0.2, -0.15) is 8.42 Å². The highest BCUT2D eigenvalue weighted by Crippen LogP contribution is 2.30. The Labute approximate surface area is 161 Å². The average Bonchev–Trinajstić information content (AvgIpc) is 2.62. The predicted molar refractivity (Wildman–Crippen MR) is 104 cm³/mol. The van der Waals surface area contributed by atoms with Crippen molar-refractivity contribution in [2.45, 2.75) is 11.3 Å². The van der Waals surface area contributed by atoms with Gasteiger partial charge in [-0.05, 0) is 35.9 Å². The van der Waals surface area contributed by atoms with Gasteiger partial charge >= 0.3 is 0 Å². The van der Waals surface area contributed by atoms with Gasteiger partial charge in [-0.15, -0.1) is 11.6 Å². The SMILES string of the molecule is C=CC(=O)Nc1ccc(-c2ccc(NC(=O)CCCl)cc2)c(S(=O)(=O)O)c1. The molecular formula is C18H17ClN2O5S. The van der Waals surface area contributed by atoms with Crippen molar-refractivity contribution in [1.29, 1.82) is 0 Å². The van der Waals surface area contributed by atoms with Crippen molar-refractivity contribution >= 4 is 44.9 Å². The van der Waals surface area contributed by atoms with Gasteiger partial charge in [0, 0.05) is 29.2 Å². The monoisotopic (exact) mass is 408 g/mol. The fraction of sp³-hybridized carbons (Fsp3) is 0.111. The molecule has 0 aliphatic rings. The highest BCUT2D eigenvalue weighted by Gasteiger charge is 2.18. The predicted octanol–water partition coefficient (Wildman–Crippen LogP) is 3.29. The molecule has 0 saturated carbocycles. The van der Waals surface area contributed by atoms with Crippen molar-refractivity contribution in [3.05, 3.63) is 55.1 Å². The summed E-state index contributed by atoms with van der Waals surface area (Å²) in [6, 6.07) is 10.5.